The highest BCUT2D eigenvalue weighted by molar-refractivity contribution is 9.10. The van der Waals surface area contributed by atoms with Gasteiger partial charge in [-0.05, 0) is 63.5 Å². The summed E-state index contributed by atoms with van der Waals surface area (Å²) in [6.07, 6.45) is 5.41. The van der Waals surface area contributed by atoms with Crippen LogP contribution in [0.5, 0.6) is 0 Å². The molecular weight excluding hydrogens is 555 g/mol. The maximum Gasteiger partial charge on any atom is 0.176 e. The van der Waals surface area contributed by atoms with Crippen molar-refractivity contribution < 1.29 is 0 Å². The molecule has 2 aromatic carbocycles. The van der Waals surface area contributed by atoms with Crippen LogP contribution in [0.2, 0.25) is 15.1 Å². The second-order valence-electron chi connectivity index (χ2n) is 6.89. The molecule has 0 bridgehead atoms. The maximum atomic E-state index is 6.24. The smallest absolute Gasteiger partial charge is 0.176 e. The highest BCUT2D eigenvalue weighted by Gasteiger charge is 2.10. The van der Waals surface area contributed by atoms with E-state index in [2.05, 4.69) is 36.8 Å². The van der Waals surface area contributed by atoms with Crippen molar-refractivity contribution in [1.82, 2.24) is 19.6 Å². The van der Waals surface area contributed by atoms with Gasteiger partial charge in [0, 0.05) is 27.5 Å². The summed E-state index contributed by atoms with van der Waals surface area (Å²) in [4.78, 5) is 0. The van der Waals surface area contributed by atoms with E-state index in [1.807, 2.05) is 47.4 Å². The molecule has 0 saturated carbocycles. The number of halogens is 4. The van der Waals surface area contributed by atoms with Crippen LogP contribution in [0, 0.1) is 0 Å². The van der Waals surface area contributed by atoms with Crippen molar-refractivity contribution in [2.24, 2.45) is 0 Å². The van der Waals surface area contributed by atoms with Gasteiger partial charge >= 0.3 is 0 Å². The third-order valence-electron chi connectivity index (χ3n) is 4.45. The van der Waals surface area contributed by atoms with Crippen LogP contribution in [0.4, 0.5) is 11.5 Å². The second-order valence-corrected chi connectivity index (χ2v) is 9.43. The van der Waals surface area contributed by atoms with Crippen LogP contribution in [-0.4, -0.2) is 24.7 Å². The first-order chi connectivity index (χ1) is 15.4. The molecule has 2 aromatic heterocycles. The van der Waals surface area contributed by atoms with Gasteiger partial charge in [-0.2, -0.15) is 10.2 Å². The summed E-state index contributed by atoms with van der Waals surface area (Å²) >= 11 is 27.1. The Hall–Kier alpha value is -2.10. The normalized spacial score (nSPS) is 10.9. The first-order valence-electron chi connectivity index (χ1n) is 9.37. The predicted octanol–water partition coefficient (Wildman–Crippen LogP) is 6.71. The summed E-state index contributed by atoms with van der Waals surface area (Å²) in [5.41, 5.74) is 2.75. The number of hydrogen-bond donors (Lipinski definition) is 2. The standard InChI is InChI=1S/C21H16BrCl3N6S/c22-18-12-31(9-13-1-4-15(23)5-2-13)29-20(18)28-21(32)27-17-8-26-30(11-17)10-14-3-6-16(24)7-19(14)25/h1-8,11-12H,9-10H2,(H2,27,28,29,32). The zero-order valence-electron chi connectivity index (χ0n) is 16.4. The van der Waals surface area contributed by atoms with Crippen molar-refractivity contribution in [3.63, 3.8) is 0 Å². The van der Waals surface area contributed by atoms with E-state index >= 15 is 0 Å². The third kappa shape index (κ3) is 6.02. The number of rotatable bonds is 6. The van der Waals surface area contributed by atoms with Crippen LogP contribution in [0.15, 0.2) is 65.5 Å². The van der Waals surface area contributed by atoms with Crippen LogP contribution in [0.25, 0.3) is 0 Å². The SMILES string of the molecule is S=C(Nc1cnn(Cc2ccc(Cl)cc2Cl)c1)Nc1nn(Cc2ccc(Cl)cc2)cc1Br. The van der Waals surface area contributed by atoms with Gasteiger partial charge in [0.1, 0.15) is 0 Å². The van der Waals surface area contributed by atoms with Crippen molar-refractivity contribution in [3.05, 3.63) is 91.7 Å². The molecule has 32 heavy (non-hydrogen) atoms. The lowest BCUT2D eigenvalue weighted by Gasteiger charge is -2.07. The van der Waals surface area contributed by atoms with Crippen LogP contribution < -0.4 is 10.6 Å². The molecule has 0 aliphatic heterocycles. The number of nitrogens with zero attached hydrogens (tertiary/aromatic N) is 4. The second kappa shape index (κ2) is 10.2. The zero-order chi connectivity index (χ0) is 22.7. The number of benzene rings is 2. The summed E-state index contributed by atoms with van der Waals surface area (Å²) in [5.74, 6) is 0.608. The highest BCUT2D eigenvalue weighted by Crippen LogP contribution is 2.23. The van der Waals surface area contributed by atoms with Crippen molar-refractivity contribution >= 4 is 79.6 Å². The molecule has 0 aliphatic carbocycles. The Morgan fingerprint density at radius 1 is 0.938 bits per heavy atom. The first kappa shape index (κ1) is 23.1. The number of aromatic nitrogens is 4. The van der Waals surface area contributed by atoms with Crippen LogP contribution in [0.1, 0.15) is 11.1 Å². The van der Waals surface area contributed by atoms with Gasteiger partial charge in [-0.25, -0.2) is 0 Å². The van der Waals surface area contributed by atoms with Gasteiger partial charge in [0.25, 0.3) is 0 Å². The van der Waals surface area contributed by atoms with Crippen LogP contribution >= 0.6 is 63.0 Å². The molecule has 0 atom stereocenters. The van der Waals surface area contributed by atoms with Gasteiger partial charge in [-0.1, -0.05) is 53.0 Å². The van der Waals surface area contributed by atoms with Gasteiger partial charge in [0.2, 0.25) is 0 Å². The van der Waals surface area contributed by atoms with E-state index in [0.717, 1.165) is 21.3 Å². The molecule has 164 valence electrons. The monoisotopic (exact) mass is 568 g/mol. The molecular formula is C21H16BrCl3N6S. The number of thiocarbonyl (C=S) groups is 1. The Labute approximate surface area is 213 Å². The Balaban J connectivity index is 1.36. The molecule has 11 heteroatoms. The minimum Gasteiger partial charge on any atom is -0.330 e. The van der Waals surface area contributed by atoms with Crippen molar-refractivity contribution in [3.8, 4) is 0 Å². The molecule has 2 N–H and O–H groups in total. The van der Waals surface area contributed by atoms with Gasteiger partial charge in [0.05, 0.1) is 29.4 Å². The molecule has 0 saturated heterocycles. The minimum absolute atomic E-state index is 0.395. The van der Waals surface area contributed by atoms with Crippen LogP contribution in [0.3, 0.4) is 0 Å². The van der Waals surface area contributed by atoms with E-state index in [1.54, 1.807) is 23.0 Å². The van der Waals surface area contributed by atoms with Gasteiger partial charge < -0.3 is 10.6 Å². The summed E-state index contributed by atoms with van der Waals surface area (Å²) in [6.45, 7) is 1.12. The van der Waals surface area contributed by atoms with Gasteiger partial charge in [0.15, 0.2) is 10.9 Å². The number of nitrogens with one attached hydrogen (secondary N) is 2. The van der Waals surface area contributed by atoms with Crippen molar-refractivity contribution in [2.45, 2.75) is 13.1 Å². The summed E-state index contributed by atoms with van der Waals surface area (Å²) in [5, 5.41) is 17.4. The third-order valence-corrected chi connectivity index (χ3v) is 6.07. The van der Waals surface area contributed by atoms with E-state index in [0.29, 0.717) is 39.1 Å². The summed E-state index contributed by atoms with van der Waals surface area (Å²) in [7, 11) is 0. The van der Waals surface area contributed by atoms with E-state index < -0.39 is 0 Å². The minimum atomic E-state index is 0.395. The Morgan fingerprint density at radius 3 is 2.44 bits per heavy atom. The average Bonchev–Trinajstić information content (AvgIpc) is 3.31. The summed E-state index contributed by atoms with van der Waals surface area (Å²) in [6, 6.07) is 13.0. The Kier molecular flexibility index (Phi) is 7.37. The largest absolute Gasteiger partial charge is 0.330 e. The molecule has 4 aromatic rings. The lowest BCUT2D eigenvalue weighted by molar-refractivity contribution is 0.687. The molecule has 0 fully saturated rings. The number of anilines is 2. The molecule has 0 unspecified atom stereocenters. The summed E-state index contributed by atoms with van der Waals surface area (Å²) < 4.78 is 4.37. The maximum absolute atomic E-state index is 6.24. The fourth-order valence-corrected chi connectivity index (χ4v) is 4.17. The molecule has 0 radical (unpaired) electrons. The lowest BCUT2D eigenvalue weighted by atomic mass is 10.2. The van der Waals surface area contributed by atoms with E-state index in [4.69, 9.17) is 47.0 Å². The quantitative estimate of drug-likeness (QED) is 0.253. The van der Waals surface area contributed by atoms with Crippen molar-refractivity contribution in [1.29, 1.82) is 0 Å². The number of hydrogen-bond acceptors (Lipinski definition) is 3. The topological polar surface area (TPSA) is 59.7 Å². The van der Waals surface area contributed by atoms with E-state index in [-0.39, 0.29) is 0 Å². The fraction of sp³-hybridized carbons (Fsp3) is 0.0952. The molecule has 0 spiro atoms. The molecule has 6 nitrogen and oxygen atoms in total. The van der Waals surface area contributed by atoms with Crippen molar-refractivity contribution in [2.75, 3.05) is 10.6 Å². The first-order valence-corrected chi connectivity index (χ1v) is 11.7. The predicted molar refractivity (Wildman–Crippen MR) is 138 cm³/mol. The van der Waals surface area contributed by atoms with E-state index in [1.165, 1.54) is 0 Å². The van der Waals surface area contributed by atoms with E-state index in [9.17, 15) is 0 Å². The molecule has 0 amide bonds. The molecule has 4 rings (SSSR count). The zero-order valence-corrected chi connectivity index (χ0v) is 21.1. The Morgan fingerprint density at radius 2 is 1.69 bits per heavy atom. The van der Waals surface area contributed by atoms with Gasteiger partial charge in [-0.3, -0.25) is 9.36 Å². The Bertz CT molecular complexity index is 1250. The molecule has 2 heterocycles. The van der Waals surface area contributed by atoms with Crippen LogP contribution in [-0.2, 0) is 13.1 Å². The lowest BCUT2D eigenvalue weighted by Crippen LogP contribution is -2.19. The fourth-order valence-electron chi connectivity index (χ4n) is 2.95. The average molecular weight is 571 g/mol. The highest BCUT2D eigenvalue weighted by atomic mass is 79.9. The van der Waals surface area contributed by atoms with Gasteiger partial charge in [-0.15, -0.1) is 0 Å². The molecule has 0 aliphatic rings.